The number of hydrogen-bond donors (Lipinski definition) is 0. The molecule has 0 saturated carbocycles. The molecule has 1 aliphatic rings. The van der Waals surface area contributed by atoms with Gasteiger partial charge in [-0.3, -0.25) is 0 Å². The number of nitrogens with zero attached hydrogens (tertiary/aromatic N) is 3. The second-order valence-corrected chi connectivity index (χ2v) is 5.61. The zero-order valence-corrected chi connectivity index (χ0v) is 13.3. The van der Waals surface area contributed by atoms with Crippen molar-refractivity contribution in [2.45, 2.75) is 18.9 Å². The van der Waals surface area contributed by atoms with E-state index in [1.165, 1.54) is 11.1 Å². The van der Waals surface area contributed by atoms with E-state index in [-0.39, 0.29) is 6.10 Å². The molecule has 0 N–H and O–H groups in total. The zero-order chi connectivity index (χ0) is 16.4. The quantitative estimate of drug-likeness (QED) is 0.735. The Kier molecular flexibility index (Phi) is 3.96. The van der Waals surface area contributed by atoms with Crippen LogP contribution in [0.4, 0.5) is 0 Å². The smallest absolute Gasteiger partial charge is 0.229 e. The highest BCUT2D eigenvalue weighted by Crippen LogP contribution is 2.30. The Morgan fingerprint density at radius 2 is 2.12 bits per heavy atom. The summed E-state index contributed by atoms with van der Waals surface area (Å²) in [4.78, 5) is 8.62. The van der Waals surface area contributed by atoms with E-state index >= 15 is 0 Å². The van der Waals surface area contributed by atoms with Gasteiger partial charge < -0.3 is 14.0 Å². The molecule has 1 aromatic carbocycles. The van der Waals surface area contributed by atoms with Gasteiger partial charge >= 0.3 is 0 Å². The maximum absolute atomic E-state index is 5.90. The number of pyridine rings is 1. The molecule has 0 spiro atoms. The normalized spacial score (nSPS) is 16.6. The van der Waals surface area contributed by atoms with Crippen LogP contribution in [-0.2, 0) is 17.6 Å². The average molecular weight is 323 g/mol. The summed E-state index contributed by atoms with van der Waals surface area (Å²) < 4.78 is 16.3. The van der Waals surface area contributed by atoms with Crippen molar-refractivity contribution in [3.05, 3.63) is 59.6 Å². The fraction of sp³-hybridized carbons (Fsp3) is 0.278. The Hall–Kier alpha value is -2.73. The molecule has 0 radical (unpaired) electrons. The molecular weight excluding hydrogens is 306 g/mol. The molecule has 24 heavy (non-hydrogen) atoms. The molecule has 6 heteroatoms. The highest BCUT2D eigenvalue weighted by atomic mass is 16.5. The van der Waals surface area contributed by atoms with Crippen molar-refractivity contribution in [2.24, 2.45) is 0 Å². The second kappa shape index (κ2) is 6.41. The highest BCUT2D eigenvalue weighted by molar-refractivity contribution is 5.53. The summed E-state index contributed by atoms with van der Waals surface area (Å²) in [6, 6.07) is 12.0. The lowest BCUT2D eigenvalue weighted by atomic mass is 9.96. The summed E-state index contributed by atoms with van der Waals surface area (Å²) in [6.07, 6.45) is 3.13. The van der Waals surface area contributed by atoms with Crippen molar-refractivity contribution < 1.29 is 14.0 Å². The number of fused-ring (bicyclic) bond motifs is 1. The first-order valence-electron chi connectivity index (χ1n) is 7.86. The van der Waals surface area contributed by atoms with Gasteiger partial charge in [0.25, 0.3) is 0 Å². The van der Waals surface area contributed by atoms with Gasteiger partial charge in [-0.2, -0.15) is 4.98 Å². The van der Waals surface area contributed by atoms with Crippen LogP contribution >= 0.6 is 0 Å². The van der Waals surface area contributed by atoms with Crippen LogP contribution in [0.2, 0.25) is 0 Å². The monoisotopic (exact) mass is 323 g/mol. The van der Waals surface area contributed by atoms with Gasteiger partial charge in [0.15, 0.2) is 0 Å². The third kappa shape index (κ3) is 2.88. The lowest BCUT2D eigenvalue weighted by Crippen LogP contribution is -2.18. The highest BCUT2D eigenvalue weighted by Gasteiger charge is 2.23. The second-order valence-electron chi connectivity index (χ2n) is 5.61. The predicted octanol–water partition coefficient (Wildman–Crippen LogP) is 3.00. The fourth-order valence-corrected chi connectivity index (χ4v) is 2.89. The van der Waals surface area contributed by atoms with Crippen LogP contribution in [-0.4, -0.2) is 28.8 Å². The van der Waals surface area contributed by atoms with Gasteiger partial charge in [0.1, 0.15) is 0 Å². The number of hydrogen-bond acceptors (Lipinski definition) is 6. The Morgan fingerprint density at radius 1 is 1.21 bits per heavy atom. The van der Waals surface area contributed by atoms with Gasteiger partial charge in [0.2, 0.25) is 17.6 Å². The molecule has 1 aliphatic heterocycles. The van der Waals surface area contributed by atoms with Crippen LogP contribution in [0.15, 0.2) is 47.1 Å². The van der Waals surface area contributed by atoms with E-state index in [1.54, 1.807) is 19.4 Å². The maximum atomic E-state index is 5.90. The standard InChI is InChI=1S/C18H17N3O3/c1-22-16-7-6-13(11-19-16)18-20-17(24-21-18)10-15-14-5-3-2-4-12(14)8-9-23-15/h2-7,11,15H,8-10H2,1H3/t15-/m0/s1. The number of methoxy groups -OCH3 is 1. The largest absolute Gasteiger partial charge is 0.481 e. The van der Waals surface area contributed by atoms with Gasteiger partial charge in [-0.1, -0.05) is 29.4 Å². The Labute approximate surface area is 139 Å². The van der Waals surface area contributed by atoms with Crippen LogP contribution in [0.25, 0.3) is 11.4 Å². The zero-order valence-electron chi connectivity index (χ0n) is 13.3. The minimum Gasteiger partial charge on any atom is -0.481 e. The lowest BCUT2D eigenvalue weighted by Gasteiger charge is -2.24. The van der Waals surface area contributed by atoms with Gasteiger partial charge in [-0.25, -0.2) is 4.98 Å². The third-order valence-corrected chi connectivity index (χ3v) is 4.12. The molecule has 4 rings (SSSR count). The Bertz CT molecular complexity index is 830. The fourth-order valence-electron chi connectivity index (χ4n) is 2.89. The first-order chi connectivity index (χ1) is 11.8. The van der Waals surface area contributed by atoms with Crippen LogP contribution in [0.1, 0.15) is 23.1 Å². The van der Waals surface area contributed by atoms with Gasteiger partial charge in [-0.05, 0) is 23.6 Å². The van der Waals surface area contributed by atoms with E-state index < -0.39 is 0 Å². The molecule has 0 bridgehead atoms. The molecule has 0 saturated heterocycles. The van der Waals surface area contributed by atoms with Crippen molar-refractivity contribution in [1.82, 2.24) is 15.1 Å². The Balaban J connectivity index is 1.53. The molecule has 0 fully saturated rings. The number of rotatable bonds is 4. The van der Waals surface area contributed by atoms with Gasteiger partial charge in [0, 0.05) is 17.8 Å². The van der Waals surface area contributed by atoms with Gasteiger partial charge in [0.05, 0.1) is 26.2 Å². The molecule has 0 unspecified atom stereocenters. The summed E-state index contributed by atoms with van der Waals surface area (Å²) >= 11 is 0. The molecule has 1 atom stereocenters. The summed E-state index contributed by atoms with van der Waals surface area (Å²) in [5, 5.41) is 4.04. The summed E-state index contributed by atoms with van der Waals surface area (Å²) in [7, 11) is 1.58. The molecular formula is C18H17N3O3. The van der Waals surface area contributed by atoms with Crippen LogP contribution in [0.5, 0.6) is 5.88 Å². The summed E-state index contributed by atoms with van der Waals surface area (Å²) in [6.45, 7) is 0.713. The van der Waals surface area contributed by atoms with E-state index in [1.807, 2.05) is 12.1 Å². The van der Waals surface area contributed by atoms with Crippen molar-refractivity contribution in [3.63, 3.8) is 0 Å². The molecule has 3 heterocycles. The number of aromatic nitrogens is 3. The Morgan fingerprint density at radius 3 is 2.96 bits per heavy atom. The average Bonchev–Trinajstić information content (AvgIpc) is 3.11. The minimum absolute atomic E-state index is 0.0442. The van der Waals surface area contributed by atoms with Crippen LogP contribution in [0.3, 0.4) is 0 Å². The third-order valence-electron chi connectivity index (χ3n) is 4.12. The molecule has 122 valence electrons. The summed E-state index contributed by atoms with van der Waals surface area (Å²) in [5.41, 5.74) is 3.32. The van der Waals surface area contributed by atoms with E-state index in [2.05, 4.69) is 33.3 Å². The topological polar surface area (TPSA) is 70.3 Å². The maximum Gasteiger partial charge on any atom is 0.229 e. The van der Waals surface area contributed by atoms with Crippen molar-refractivity contribution in [3.8, 4) is 17.3 Å². The van der Waals surface area contributed by atoms with E-state index in [9.17, 15) is 0 Å². The molecule has 0 aliphatic carbocycles. The van der Waals surface area contributed by atoms with Crippen molar-refractivity contribution in [2.75, 3.05) is 13.7 Å². The van der Waals surface area contributed by atoms with Crippen molar-refractivity contribution in [1.29, 1.82) is 0 Å². The summed E-state index contributed by atoms with van der Waals surface area (Å²) in [5.74, 6) is 1.63. The molecule has 3 aromatic rings. The number of ether oxygens (including phenoxy) is 2. The first kappa shape index (κ1) is 14.8. The lowest BCUT2D eigenvalue weighted by molar-refractivity contribution is 0.0375. The minimum atomic E-state index is -0.0442. The van der Waals surface area contributed by atoms with Gasteiger partial charge in [-0.15, -0.1) is 0 Å². The molecule has 2 aromatic heterocycles. The van der Waals surface area contributed by atoms with Crippen LogP contribution < -0.4 is 4.74 Å². The van der Waals surface area contributed by atoms with E-state index in [0.717, 1.165) is 12.0 Å². The van der Waals surface area contributed by atoms with Crippen molar-refractivity contribution >= 4 is 0 Å². The van der Waals surface area contributed by atoms with Crippen LogP contribution in [0, 0.1) is 0 Å². The SMILES string of the molecule is COc1ccc(-c2noc(C[C@@H]3OCCc4ccccc43)n2)cn1. The molecule has 0 amide bonds. The van der Waals surface area contributed by atoms with E-state index in [4.69, 9.17) is 14.0 Å². The first-order valence-corrected chi connectivity index (χ1v) is 7.86. The predicted molar refractivity (Wildman–Crippen MR) is 86.6 cm³/mol. The molecule has 6 nitrogen and oxygen atoms in total. The number of benzene rings is 1. The van der Waals surface area contributed by atoms with E-state index in [0.29, 0.717) is 30.6 Å².